The first-order valence-electron chi connectivity index (χ1n) is 5.46. The number of hydrogen-bond acceptors (Lipinski definition) is 4. The van der Waals surface area contributed by atoms with Gasteiger partial charge in [-0.3, -0.25) is 4.79 Å². The molecule has 0 bridgehead atoms. The number of nitrogens with one attached hydrogen (secondary N) is 1. The average Bonchev–Trinajstić information content (AvgIpc) is 2.16. The van der Waals surface area contributed by atoms with E-state index in [2.05, 4.69) is 16.9 Å². The van der Waals surface area contributed by atoms with Crippen molar-refractivity contribution in [1.29, 1.82) is 0 Å². The summed E-state index contributed by atoms with van der Waals surface area (Å²) in [5.74, 6) is 2.05. The first kappa shape index (κ1) is 13.1. The lowest BCUT2D eigenvalue weighted by Gasteiger charge is -2.07. The lowest BCUT2D eigenvalue weighted by molar-refractivity contribution is 0.437. The molecule has 0 radical (unpaired) electrons. The molecule has 0 spiro atoms. The van der Waals surface area contributed by atoms with Gasteiger partial charge in [-0.05, 0) is 18.1 Å². The van der Waals surface area contributed by atoms with Crippen molar-refractivity contribution in [3.05, 3.63) is 21.7 Å². The Hall–Kier alpha value is -0.970. The zero-order valence-electron chi connectivity index (χ0n) is 9.91. The highest BCUT2D eigenvalue weighted by atomic mass is 32.2. The van der Waals surface area contributed by atoms with Crippen molar-refractivity contribution in [2.24, 2.45) is 0 Å². The minimum Gasteiger partial charge on any atom is -0.493 e. The van der Waals surface area contributed by atoms with E-state index in [0.717, 1.165) is 12.2 Å². The number of H-pyrrole nitrogens is 1. The van der Waals surface area contributed by atoms with Gasteiger partial charge < -0.3 is 10.1 Å². The van der Waals surface area contributed by atoms with Crippen molar-refractivity contribution in [2.75, 3.05) is 5.75 Å². The lowest BCUT2D eigenvalue weighted by atomic mass is 10.1. The van der Waals surface area contributed by atoms with E-state index in [0.29, 0.717) is 17.1 Å². The van der Waals surface area contributed by atoms with E-state index in [1.807, 2.05) is 13.8 Å². The normalized spacial score (nSPS) is 11.0. The van der Waals surface area contributed by atoms with E-state index in [1.54, 1.807) is 11.8 Å². The average molecular weight is 242 g/mol. The molecule has 0 amide bonds. The lowest BCUT2D eigenvalue weighted by Crippen LogP contribution is -2.17. The standard InChI is InChI=1S/C11H18N2O2S/c1-4-5-16-6-8-12-10(14)9(7(2)3)11(15)13-8/h7H,4-6H2,1-3H3,(H2,12,13,14,15). The molecule has 2 N–H and O–H groups in total. The smallest absolute Gasteiger partial charge is 0.258 e. The van der Waals surface area contributed by atoms with Gasteiger partial charge in [0.1, 0.15) is 5.82 Å². The summed E-state index contributed by atoms with van der Waals surface area (Å²) in [5.41, 5.74) is 0.138. The minimum absolute atomic E-state index is 0.0198. The van der Waals surface area contributed by atoms with Gasteiger partial charge in [0.05, 0.1) is 11.3 Å². The van der Waals surface area contributed by atoms with Gasteiger partial charge in [0.15, 0.2) is 0 Å². The largest absolute Gasteiger partial charge is 0.493 e. The van der Waals surface area contributed by atoms with Crippen LogP contribution in [0.4, 0.5) is 0 Å². The second-order valence-electron chi connectivity index (χ2n) is 3.96. The van der Waals surface area contributed by atoms with Crippen LogP contribution in [-0.4, -0.2) is 20.8 Å². The van der Waals surface area contributed by atoms with Gasteiger partial charge in [0.25, 0.3) is 5.56 Å². The maximum Gasteiger partial charge on any atom is 0.258 e. The van der Waals surface area contributed by atoms with Crippen LogP contribution in [0.15, 0.2) is 4.79 Å². The molecule has 0 saturated carbocycles. The molecule has 90 valence electrons. The molecule has 0 saturated heterocycles. The Labute approximate surface area is 99.5 Å². The monoisotopic (exact) mass is 242 g/mol. The predicted octanol–water partition coefficient (Wildman–Crippen LogP) is 2.24. The van der Waals surface area contributed by atoms with Crippen molar-refractivity contribution in [3.63, 3.8) is 0 Å². The first-order valence-corrected chi connectivity index (χ1v) is 6.61. The molecule has 0 aliphatic carbocycles. The molecule has 1 rings (SSSR count). The molecular weight excluding hydrogens is 224 g/mol. The van der Waals surface area contributed by atoms with Gasteiger partial charge in [0.2, 0.25) is 5.88 Å². The number of hydrogen-bond donors (Lipinski definition) is 2. The molecular formula is C11H18N2O2S. The molecule has 5 heteroatoms. The summed E-state index contributed by atoms with van der Waals surface area (Å²) in [5, 5.41) is 9.66. The van der Waals surface area contributed by atoms with Gasteiger partial charge in [0, 0.05) is 0 Å². The molecule has 0 atom stereocenters. The van der Waals surface area contributed by atoms with Crippen molar-refractivity contribution >= 4 is 11.8 Å². The van der Waals surface area contributed by atoms with Crippen LogP contribution in [0.5, 0.6) is 5.88 Å². The molecule has 0 aliphatic heterocycles. The van der Waals surface area contributed by atoms with E-state index < -0.39 is 0 Å². The van der Waals surface area contributed by atoms with Crippen LogP contribution in [0.3, 0.4) is 0 Å². The molecule has 0 aliphatic rings. The van der Waals surface area contributed by atoms with Crippen LogP contribution in [0.25, 0.3) is 0 Å². The van der Waals surface area contributed by atoms with Crippen molar-refractivity contribution in [3.8, 4) is 5.88 Å². The Morgan fingerprint density at radius 3 is 2.69 bits per heavy atom. The van der Waals surface area contributed by atoms with Gasteiger partial charge in [-0.15, -0.1) is 0 Å². The van der Waals surface area contributed by atoms with E-state index in [4.69, 9.17) is 0 Å². The van der Waals surface area contributed by atoms with E-state index in [9.17, 15) is 9.90 Å². The third-order valence-corrected chi connectivity index (χ3v) is 3.32. The van der Waals surface area contributed by atoms with Gasteiger partial charge in [-0.1, -0.05) is 20.8 Å². The molecule has 1 aromatic rings. The van der Waals surface area contributed by atoms with E-state index >= 15 is 0 Å². The number of aromatic amines is 1. The second-order valence-corrected chi connectivity index (χ2v) is 5.06. The molecule has 4 nitrogen and oxygen atoms in total. The Bertz CT molecular complexity index is 401. The van der Waals surface area contributed by atoms with Gasteiger partial charge in [-0.25, -0.2) is 0 Å². The molecule has 0 fully saturated rings. The Balaban J connectivity index is 2.88. The summed E-state index contributed by atoms with van der Waals surface area (Å²) in [7, 11) is 0. The Kier molecular flexibility index (Phi) is 4.86. The van der Waals surface area contributed by atoms with Crippen molar-refractivity contribution < 1.29 is 5.11 Å². The van der Waals surface area contributed by atoms with Crippen LogP contribution in [0, 0.1) is 0 Å². The van der Waals surface area contributed by atoms with Crippen molar-refractivity contribution in [2.45, 2.75) is 38.9 Å². The Morgan fingerprint density at radius 1 is 1.50 bits per heavy atom. The summed E-state index contributed by atoms with van der Waals surface area (Å²) in [6.45, 7) is 5.82. The number of rotatable bonds is 5. The number of thioether (sulfide) groups is 1. The highest BCUT2D eigenvalue weighted by molar-refractivity contribution is 7.98. The number of aromatic hydroxyl groups is 1. The maximum atomic E-state index is 11.7. The zero-order valence-corrected chi connectivity index (χ0v) is 10.7. The third-order valence-electron chi connectivity index (χ3n) is 2.15. The SMILES string of the molecule is CCCSCc1nc(O)c(C(C)C)c(=O)[nH]1. The fourth-order valence-electron chi connectivity index (χ4n) is 1.42. The fourth-order valence-corrected chi connectivity index (χ4v) is 2.18. The highest BCUT2D eigenvalue weighted by Gasteiger charge is 2.13. The van der Waals surface area contributed by atoms with E-state index in [-0.39, 0.29) is 17.4 Å². The molecule has 0 unspecified atom stereocenters. The summed E-state index contributed by atoms with van der Waals surface area (Å²) in [4.78, 5) is 18.4. The van der Waals surface area contributed by atoms with Crippen LogP contribution in [0.1, 0.15) is 44.5 Å². The third kappa shape index (κ3) is 3.27. The van der Waals surface area contributed by atoms with Crippen molar-refractivity contribution in [1.82, 2.24) is 9.97 Å². The number of nitrogens with zero attached hydrogens (tertiary/aromatic N) is 1. The van der Waals surface area contributed by atoms with Crippen LogP contribution in [0.2, 0.25) is 0 Å². The molecule has 1 heterocycles. The topological polar surface area (TPSA) is 66.0 Å². The summed E-state index contributed by atoms with van der Waals surface area (Å²) in [6, 6.07) is 0. The Morgan fingerprint density at radius 2 is 2.19 bits per heavy atom. The summed E-state index contributed by atoms with van der Waals surface area (Å²) >= 11 is 1.69. The number of aromatic nitrogens is 2. The summed E-state index contributed by atoms with van der Waals surface area (Å²) in [6.07, 6.45) is 1.09. The maximum absolute atomic E-state index is 11.7. The van der Waals surface area contributed by atoms with Crippen LogP contribution in [-0.2, 0) is 5.75 Å². The predicted molar refractivity (Wildman–Crippen MR) is 67.1 cm³/mol. The quantitative estimate of drug-likeness (QED) is 0.777. The zero-order chi connectivity index (χ0) is 12.1. The highest BCUT2D eigenvalue weighted by Crippen LogP contribution is 2.19. The van der Waals surface area contributed by atoms with Gasteiger partial charge in [-0.2, -0.15) is 16.7 Å². The molecule has 0 aromatic carbocycles. The summed E-state index contributed by atoms with van der Waals surface area (Å²) < 4.78 is 0. The van der Waals surface area contributed by atoms with Crippen LogP contribution >= 0.6 is 11.8 Å². The van der Waals surface area contributed by atoms with E-state index in [1.165, 1.54) is 0 Å². The van der Waals surface area contributed by atoms with Gasteiger partial charge >= 0.3 is 0 Å². The molecule has 1 aromatic heterocycles. The van der Waals surface area contributed by atoms with Crippen LogP contribution < -0.4 is 5.56 Å². The molecule has 16 heavy (non-hydrogen) atoms. The second kappa shape index (κ2) is 5.94. The first-order chi connectivity index (χ1) is 7.56. The fraction of sp³-hybridized carbons (Fsp3) is 0.636. The minimum atomic E-state index is -0.227.